The van der Waals surface area contributed by atoms with Crippen LogP contribution in [0.2, 0.25) is 0 Å². The Morgan fingerprint density at radius 1 is 1.41 bits per heavy atom. The van der Waals surface area contributed by atoms with Crippen molar-refractivity contribution in [3.63, 3.8) is 0 Å². The molecule has 2 rings (SSSR count). The molecular formula is C13H27N3O. The Hall–Kier alpha value is -0.160. The van der Waals surface area contributed by atoms with E-state index in [9.17, 15) is 0 Å². The summed E-state index contributed by atoms with van der Waals surface area (Å²) in [7, 11) is 0. The van der Waals surface area contributed by atoms with Gasteiger partial charge in [0, 0.05) is 38.3 Å². The number of nitrogens with zero attached hydrogens (tertiary/aromatic N) is 1. The smallest absolute Gasteiger partial charge is 0.0709 e. The molecular weight excluding hydrogens is 214 g/mol. The maximum absolute atomic E-state index is 5.66. The highest BCUT2D eigenvalue weighted by molar-refractivity contribution is 4.91. The first-order valence-electron chi connectivity index (χ1n) is 7.12. The Labute approximate surface area is 105 Å². The van der Waals surface area contributed by atoms with Crippen molar-refractivity contribution in [2.45, 2.75) is 50.8 Å². The van der Waals surface area contributed by atoms with E-state index in [0.29, 0.717) is 12.6 Å². The number of nitrogens with one attached hydrogen (secondary N) is 1. The minimum atomic E-state index is 0.230. The van der Waals surface area contributed by atoms with Gasteiger partial charge in [-0.2, -0.15) is 0 Å². The van der Waals surface area contributed by atoms with Crippen LogP contribution in [0.15, 0.2) is 0 Å². The van der Waals surface area contributed by atoms with E-state index in [2.05, 4.69) is 10.2 Å². The van der Waals surface area contributed by atoms with Crippen LogP contribution in [0.4, 0.5) is 0 Å². The highest BCUT2D eigenvalue weighted by Crippen LogP contribution is 2.29. The molecule has 1 saturated carbocycles. The first-order chi connectivity index (χ1) is 8.33. The van der Waals surface area contributed by atoms with Gasteiger partial charge in [0.25, 0.3) is 0 Å². The van der Waals surface area contributed by atoms with Gasteiger partial charge < -0.3 is 15.8 Å². The molecule has 0 aromatic heterocycles. The zero-order chi connectivity index (χ0) is 12.1. The summed E-state index contributed by atoms with van der Waals surface area (Å²) in [4.78, 5) is 2.64. The summed E-state index contributed by atoms with van der Waals surface area (Å²) in [6.07, 6.45) is 5.41. The fourth-order valence-electron chi connectivity index (χ4n) is 2.68. The van der Waals surface area contributed by atoms with Crippen molar-refractivity contribution in [2.75, 3.05) is 32.8 Å². The molecule has 2 atom stereocenters. The van der Waals surface area contributed by atoms with Crippen LogP contribution in [0, 0.1) is 0 Å². The third-order valence-corrected chi connectivity index (χ3v) is 3.85. The molecule has 3 N–H and O–H groups in total. The quantitative estimate of drug-likeness (QED) is 0.652. The zero-order valence-corrected chi connectivity index (χ0v) is 11.0. The van der Waals surface area contributed by atoms with E-state index in [-0.39, 0.29) is 6.10 Å². The van der Waals surface area contributed by atoms with E-state index >= 15 is 0 Å². The average Bonchev–Trinajstić information content (AvgIpc) is 3.09. The molecule has 0 radical (unpaired) electrons. The van der Waals surface area contributed by atoms with Gasteiger partial charge in [0.2, 0.25) is 0 Å². The second-order valence-electron chi connectivity index (χ2n) is 5.27. The second kappa shape index (κ2) is 6.69. The van der Waals surface area contributed by atoms with E-state index < -0.39 is 0 Å². The zero-order valence-electron chi connectivity index (χ0n) is 11.0. The summed E-state index contributed by atoms with van der Waals surface area (Å²) in [5.41, 5.74) is 5.66. The van der Waals surface area contributed by atoms with Crippen LogP contribution in [0.3, 0.4) is 0 Å². The molecule has 0 bridgehead atoms. The van der Waals surface area contributed by atoms with Crippen molar-refractivity contribution in [1.82, 2.24) is 10.2 Å². The van der Waals surface area contributed by atoms with Gasteiger partial charge in [-0.1, -0.05) is 0 Å². The standard InChI is InChI=1S/C13H27N3O/c1-2-17-13(9-14)5-7-15-11-6-8-16(10-11)12-3-4-12/h11-13,15H,2-10,14H2,1H3. The van der Waals surface area contributed by atoms with Gasteiger partial charge in [-0.25, -0.2) is 0 Å². The predicted molar refractivity (Wildman–Crippen MR) is 70.1 cm³/mol. The topological polar surface area (TPSA) is 50.5 Å². The van der Waals surface area contributed by atoms with E-state index in [0.717, 1.165) is 25.6 Å². The number of hydrogen-bond donors (Lipinski definition) is 2. The molecule has 100 valence electrons. The number of ether oxygens (including phenoxy) is 1. The Morgan fingerprint density at radius 3 is 2.88 bits per heavy atom. The SMILES string of the molecule is CCOC(CN)CCNC1CCN(C2CC2)C1. The highest BCUT2D eigenvalue weighted by Gasteiger charge is 2.33. The molecule has 0 spiro atoms. The molecule has 1 saturated heterocycles. The molecule has 0 aromatic rings. The van der Waals surface area contributed by atoms with Gasteiger partial charge in [-0.15, -0.1) is 0 Å². The fraction of sp³-hybridized carbons (Fsp3) is 1.00. The van der Waals surface area contributed by atoms with Crippen LogP contribution in [0.5, 0.6) is 0 Å². The number of nitrogens with two attached hydrogens (primary N) is 1. The summed E-state index contributed by atoms with van der Waals surface area (Å²) < 4.78 is 5.55. The molecule has 4 nitrogen and oxygen atoms in total. The number of likely N-dealkylation sites (tertiary alicyclic amines) is 1. The Kier molecular flexibility index (Phi) is 5.22. The molecule has 1 heterocycles. The number of hydrogen-bond acceptors (Lipinski definition) is 4. The largest absolute Gasteiger partial charge is 0.377 e. The number of rotatable bonds is 8. The summed E-state index contributed by atoms with van der Waals surface area (Å²) in [5, 5.41) is 3.64. The lowest BCUT2D eigenvalue weighted by Crippen LogP contribution is -2.36. The van der Waals surface area contributed by atoms with Gasteiger partial charge in [0.15, 0.2) is 0 Å². The summed E-state index contributed by atoms with van der Waals surface area (Å²) in [6.45, 7) is 6.99. The first kappa shape index (κ1) is 13.3. The fourth-order valence-corrected chi connectivity index (χ4v) is 2.68. The highest BCUT2D eigenvalue weighted by atomic mass is 16.5. The average molecular weight is 241 g/mol. The maximum Gasteiger partial charge on any atom is 0.0709 e. The minimum Gasteiger partial charge on any atom is -0.377 e. The third-order valence-electron chi connectivity index (χ3n) is 3.85. The molecule has 17 heavy (non-hydrogen) atoms. The molecule has 1 aliphatic carbocycles. The molecule has 2 fully saturated rings. The van der Waals surface area contributed by atoms with Crippen molar-refractivity contribution in [1.29, 1.82) is 0 Å². The first-order valence-corrected chi connectivity index (χ1v) is 7.12. The molecule has 4 heteroatoms. The van der Waals surface area contributed by atoms with Gasteiger partial charge in [0.05, 0.1) is 6.10 Å². The van der Waals surface area contributed by atoms with Crippen molar-refractivity contribution in [3.05, 3.63) is 0 Å². The van der Waals surface area contributed by atoms with Crippen LogP contribution in [0.25, 0.3) is 0 Å². The Balaban J connectivity index is 1.55. The molecule has 2 unspecified atom stereocenters. The van der Waals surface area contributed by atoms with Crippen molar-refractivity contribution < 1.29 is 4.74 Å². The summed E-state index contributed by atoms with van der Waals surface area (Å²) in [5.74, 6) is 0. The Bertz CT molecular complexity index is 221. The van der Waals surface area contributed by atoms with E-state index in [1.54, 1.807) is 0 Å². The summed E-state index contributed by atoms with van der Waals surface area (Å²) >= 11 is 0. The maximum atomic E-state index is 5.66. The lowest BCUT2D eigenvalue weighted by Gasteiger charge is -2.18. The molecule has 0 aromatic carbocycles. The molecule has 1 aliphatic heterocycles. The second-order valence-corrected chi connectivity index (χ2v) is 5.27. The van der Waals surface area contributed by atoms with Crippen molar-refractivity contribution in [2.24, 2.45) is 5.73 Å². The van der Waals surface area contributed by atoms with Crippen LogP contribution < -0.4 is 11.1 Å². The normalized spacial score (nSPS) is 27.5. The van der Waals surface area contributed by atoms with Crippen LogP contribution >= 0.6 is 0 Å². The predicted octanol–water partition coefficient (Wildman–Crippen LogP) is 0.567. The van der Waals surface area contributed by atoms with Crippen molar-refractivity contribution in [3.8, 4) is 0 Å². The van der Waals surface area contributed by atoms with Gasteiger partial charge >= 0.3 is 0 Å². The van der Waals surface area contributed by atoms with Gasteiger partial charge in [-0.05, 0) is 39.2 Å². The lowest BCUT2D eigenvalue weighted by atomic mass is 10.2. The van der Waals surface area contributed by atoms with E-state index in [4.69, 9.17) is 10.5 Å². The van der Waals surface area contributed by atoms with Gasteiger partial charge in [0.1, 0.15) is 0 Å². The van der Waals surface area contributed by atoms with Crippen LogP contribution in [0.1, 0.15) is 32.6 Å². The Morgan fingerprint density at radius 2 is 2.24 bits per heavy atom. The lowest BCUT2D eigenvalue weighted by molar-refractivity contribution is 0.0627. The molecule has 0 amide bonds. The third kappa shape index (κ3) is 4.21. The van der Waals surface area contributed by atoms with Gasteiger partial charge in [-0.3, -0.25) is 4.90 Å². The van der Waals surface area contributed by atoms with E-state index in [1.165, 1.54) is 32.4 Å². The minimum absolute atomic E-state index is 0.230. The summed E-state index contributed by atoms with van der Waals surface area (Å²) in [6, 6.07) is 1.61. The van der Waals surface area contributed by atoms with Crippen LogP contribution in [-0.4, -0.2) is 55.9 Å². The van der Waals surface area contributed by atoms with Crippen molar-refractivity contribution >= 4 is 0 Å². The van der Waals surface area contributed by atoms with E-state index in [1.807, 2.05) is 6.92 Å². The monoisotopic (exact) mass is 241 g/mol. The molecule has 2 aliphatic rings. The van der Waals surface area contributed by atoms with Crippen LogP contribution in [-0.2, 0) is 4.74 Å².